The Kier molecular flexibility index (Phi) is 4.06. The third kappa shape index (κ3) is 3.88. The van der Waals surface area contributed by atoms with Gasteiger partial charge in [0.2, 0.25) is 11.8 Å². The van der Waals surface area contributed by atoms with Crippen LogP contribution < -0.4 is 5.32 Å². The standard InChI is InChI=1S/C14H18BrN3O/c1-9-5-6-10(11(15)7-9)13-18-17-12(19-13)8-16-14(2,3)4/h5-7,16H,8H2,1-4H3. The molecule has 0 saturated carbocycles. The lowest BCUT2D eigenvalue weighted by Crippen LogP contribution is -2.35. The number of nitrogens with one attached hydrogen (secondary N) is 1. The molecule has 5 heteroatoms. The Balaban J connectivity index is 2.16. The van der Waals surface area contributed by atoms with Crippen LogP contribution in [0.1, 0.15) is 32.2 Å². The zero-order chi connectivity index (χ0) is 14.0. The van der Waals surface area contributed by atoms with Crippen molar-refractivity contribution >= 4 is 15.9 Å². The molecule has 1 heterocycles. The molecule has 0 saturated heterocycles. The summed E-state index contributed by atoms with van der Waals surface area (Å²) in [5.74, 6) is 1.13. The zero-order valence-electron chi connectivity index (χ0n) is 11.6. The van der Waals surface area contributed by atoms with Crippen molar-refractivity contribution in [3.05, 3.63) is 34.1 Å². The molecule has 2 rings (SSSR count). The summed E-state index contributed by atoms with van der Waals surface area (Å²) >= 11 is 3.52. The van der Waals surface area contributed by atoms with E-state index in [2.05, 4.69) is 52.2 Å². The van der Waals surface area contributed by atoms with Crippen LogP contribution in [0.4, 0.5) is 0 Å². The van der Waals surface area contributed by atoms with E-state index in [4.69, 9.17) is 4.42 Å². The van der Waals surface area contributed by atoms with Gasteiger partial charge in [-0.3, -0.25) is 0 Å². The number of benzene rings is 1. The molecule has 0 fully saturated rings. The minimum atomic E-state index is 0.0269. The first-order chi connectivity index (χ1) is 8.85. The van der Waals surface area contributed by atoms with E-state index < -0.39 is 0 Å². The third-order valence-corrected chi connectivity index (χ3v) is 3.25. The predicted octanol–water partition coefficient (Wildman–Crippen LogP) is 3.70. The highest BCUT2D eigenvalue weighted by molar-refractivity contribution is 9.10. The first-order valence-corrected chi connectivity index (χ1v) is 6.98. The summed E-state index contributed by atoms with van der Waals surface area (Å²) in [6, 6.07) is 6.04. The van der Waals surface area contributed by atoms with Gasteiger partial charge in [-0.25, -0.2) is 0 Å². The summed E-state index contributed by atoms with van der Waals surface area (Å²) < 4.78 is 6.64. The summed E-state index contributed by atoms with van der Waals surface area (Å²) in [5.41, 5.74) is 2.13. The van der Waals surface area contributed by atoms with Crippen LogP contribution in [0.3, 0.4) is 0 Å². The molecule has 0 amide bonds. The number of hydrogen-bond donors (Lipinski definition) is 1. The first-order valence-electron chi connectivity index (χ1n) is 6.19. The quantitative estimate of drug-likeness (QED) is 0.935. The highest BCUT2D eigenvalue weighted by Gasteiger charge is 2.14. The minimum Gasteiger partial charge on any atom is -0.419 e. The van der Waals surface area contributed by atoms with Crippen LogP contribution in [0.15, 0.2) is 27.1 Å². The molecule has 0 bridgehead atoms. The number of rotatable bonds is 3. The van der Waals surface area contributed by atoms with Gasteiger partial charge in [0.25, 0.3) is 0 Å². The molecule has 0 radical (unpaired) electrons. The molecule has 1 aromatic heterocycles. The Labute approximate surface area is 121 Å². The fourth-order valence-electron chi connectivity index (χ4n) is 1.57. The molecular formula is C14H18BrN3O. The maximum Gasteiger partial charge on any atom is 0.248 e. The molecule has 19 heavy (non-hydrogen) atoms. The molecule has 0 unspecified atom stereocenters. The average molecular weight is 324 g/mol. The van der Waals surface area contributed by atoms with Crippen LogP contribution in [0, 0.1) is 6.92 Å². The minimum absolute atomic E-state index is 0.0269. The number of halogens is 1. The first kappa shape index (κ1) is 14.2. The van der Waals surface area contributed by atoms with Crippen molar-refractivity contribution in [3.8, 4) is 11.5 Å². The lowest BCUT2D eigenvalue weighted by atomic mass is 10.1. The largest absolute Gasteiger partial charge is 0.419 e. The number of aromatic nitrogens is 2. The molecule has 0 aliphatic heterocycles. The molecule has 0 aliphatic carbocycles. The summed E-state index contributed by atoms with van der Waals surface area (Å²) in [6.45, 7) is 8.91. The highest BCUT2D eigenvalue weighted by Crippen LogP contribution is 2.28. The van der Waals surface area contributed by atoms with Crippen LogP contribution in [0.2, 0.25) is 0 Å². The Bertz CT molecular complexity index is 572. The van der Waals surface area contributed by atoms with Crippen LogP contribution in [-0.4, -0.2) is 15.7 Å². The Morgan fingerprint density at radius 2 is 2.00 bits per heavy atom. The molecule has 2 aromatic rings. The van der Waals surface area contributed by atoms with E-state index in [-0.39, 0.29) is 5.54 Å². The Morgan fingerprint density at radius 1 is 1.26 bits per heavy atom. The van der Waals surface area contributed by atoms with Gasteiger partial charge in [0, 0.05) is 10.0 Å². The SMILES string of the molecule is Cc1ccc(-c2nnc(CNC(C)(C)C)o2)c(Br)c1. The van der Waals surface area contributed by atoms with E-state index in [1.807, 2.05) is 25.1 Å². The van der Waals surface area contributed by atoms with E-state index in [1.165, 1.54) is 5.56 Å². The van der Waals surface area contributed by atoms with Crippen molar-refractivity contribution in [1.82, 2.24) is 15.5 Å². The molecule has 0 spiro atoms. The summed E-state index contributed by atoms with van der Waals surface area (Å²) in [4.78, 5) is 0. The monoisotopic (exact) mass is 323 g/mol. The van der Waals surface area contributed by atoms with Gasteiger partial charge in [0.15, 0.2) is 0 Å². The number of hydrogen-bond acceptors (Lipinski definition) is 4. The van der Waals surface area contributed by atoms with E-state index in [0.717, 1.165) is 10.0 Å². The second-order valence-electron chi connectivity index (χ2n) is 5.59. The lowest BCUT2D eigenvalue weighted by molar-refractivity contribution is 0.383. The maximum absolute atomic E-state index is 5.67. The van der Waals surface area contributed by atoms with Crippen molar-refractivity contribution in [2.45, 2.75) is 39.8 Å². The summed E-state index contributed by atoms with van der Waals surface area (Å²) in [7, 11) is 0. The van der Waals surface area contributed by atoms with Crippen LogP contribution in [0.5, 0.6) is 0 Å². The lowest BCUT2D eigenvalue weighted by Gasteiger charge is -2.18. The molecule has 1 aromatic carbocycles. The Morgan fingerprint density at radius 3 is 2.63 bits per heavy atom. The van der Waals surface area contributed by atoms with Gasteiger partial charge in [-0.2, -0.15) is 0 Å². The zero-order valence-corrected chi connectivity index (χ0v) is 13.2. The van der Waals surface area contributed by atoms with Crippen molar-refractivity contribution < 1.29 is 4.42 Å². The van der Waals surface area contributed by atoms with Crippen molar-refractivity contribution in [1.29, 1.82) is 0 Å². The van der Waals surface area contributed by atoms with Crippen molar-refractivity contribution in [3.63, 3.8) is 0 Å². The van der Waals surface area contributed by atoms with Gasteiger partial charge < -0.3 is 9.73 Å². The topological polar surface area (TPSA) is 51.0 Å². The molecule has 102 valence electrons. The number of aryl methyl sites for hydroxylation is 1. The van der Waals surface area contributed by atoms with Gasteiger partial charge in [-0.05, 0) is 61.3 Å². The molecule has 1 N–H and O–H groups in total. The van der Waals surface area contributed by atoms with E-state index in [9.17, 15) is 0 Å². The second kappa shape index (κ2) is 5.43. The van der Waals surface area contributed by atoms with Crippen LogP contribution in [0.25, 0.3) is 11.5 Å². The summed E-state index contributed by atoms with van der Waals surface area (Å²) in [5, 5.41) is 11.5. The van der Waals surface area contributed by atoms with Crippen LogP contribution >= 0.6 is 15.9 Å². The van der Waals surface area contributed by atoms with E-state index in [1.54, 1.807) is 0 Å². The predicted molar refractivity (Wildman–Crippen MR) is 78.8 cm³/mol. The third-order valence-electron chi connectivity index (χ3n) is 2.59. The normalized spacial score (nSPS) is 11.8. The van der Waals surface area contributed by atoms with E-state index >= 15 is 0 Å². The van der Waals surface area contributed by atoms with E-state index in [0.29, 0.717) is 18.3 Å². The highest BCUT2D eigenvalue weighted by atomic mass is 79.9. The molecule has 4 nitrogen and oxygen atoms in total. The fraction of sp³-hybridized carbons (Fsp3) is 0.429. The van der Waals surface area contributed by atoms with Gasteiger partial charge in [0.05, 0.1) is 12.1 Å². The van der Waals surface area contributed by atoms with Crippen molar-refractivity contribution in [2.24, 2.45) is 0 Å². The van der Waals surface area contributed by atoms with Gasteiger partial charge >= 0.3 is 0 Å². The molecule has 0 atom stereocenters. The Hall–Kier alpha value is -1.20. The smallest absolute Gasteiger partial charge is 0.248 e. The molecular weight excluding hydrogens is 306 g/mol. The molecule has 0 aliphatic rings. The average Bonchev–Trinajstić information content (AvgIpc) is 2.74. The summed E-state index contributed by atoms with van der Waals surface area (Å²) in [6.07, 6.45) is 0. The number of nitrogens with zero attached hydrogens (tertiary/aromatic N) is 2. The van der Waals surface area contributed by atoms with Gasteiger partial charge in [0.1, 0.15) is 0 Å². The second-order valence-corrected chi connectivity index (χ2v) is 6.44. The fourth-order valence-corrected chi connectivity index (χ4v) is 2.23. The maximum atomic E-state index is 5.67. The van der Waals surface area contributed by atoms with Crippen molar-refractivity contribution in [2.75, 3.05) is 0 Å². The van der Waals surface area contributed by atoms with Crippen LogP contribution in [-0.2, 0) is 6.54 Å². The van der Waals surface area contributed by atoms with Gasteiger partial charge in [-0.1, -0.05) is 6.07 Å². The van der Waals surface area contributed by atoms with Gasteiger partial charge in [-0.15, -0.1) is 10.2 Å².